The zero-order chi connectivity index (χ0) is 23.5. The summed E-state index contributed by atoms with van der Waals surface area (Å²) < 4.78 is 14.8. The predicted molar refractivity (Wildman–Crippen MR) is 135 cm³/mol. The maximum Gasteiger partial charge on any atom is 0.229 e. The largest absolute Gasteiger partial charge is 0.309 e. The lowest BCUT2D eigenvalue weighted by Gasteiger charge is -2.21. The van der Waals surface area contributed by atoms with Gasteiger partial charge in [0, 0.05) is 10.0 Å². The third-order valence-corrected chi connectivity index (χ3v) is 6.55. The minimum atomic E-state index is -0.240. The summed E-state index contributed by atoms with van der Waals surface area (Å²) in [6, 6.07) is 22.7. The van der Waals surface area contributed by atoms with Crippen LogP contribution in [0.1, 0.15) is 28.1 Å². The van der Waals surface area contributed by atoms with E-state index in [-0.39, 0.29) is 18.1 Å². The highest BCUT2D eigenvalue weighted by molar-refractivity contribution is 9.10. The predicted octanol–water partition coefficient (Wildman–Crippen LogP) is 6.11. The molecule has 0 spiro atoms. The van der Waals surface area contributed by atoms with Crippen molar-refractivity contribution in [2.75, 3.05) is 5.32 Å². The summed E-state index contributed by atoms with van der Waals surface area (Å²) in [4.78, 5) is 22.7. The van der Waals surface area contributed by atoms with E-state index in [1.165, 1.54) is 11.6 Å². The number of aryl methyl sites for hydroxylation is 4. The Hall–Kier alpha value is -3.38. The maximum atomic E-state index is 13.8. The first-order valence-electron chi connectivity index (χ1n) is 11.3. The topological polar surface area (TPSA) is 54.9 Å². The number of carbonyl (C=O) groups excluding carboxylic acids is 1. The normalized spacial score (nSPS) is 12.1. The van der Waals surface area contributed by atoms with Gasteiger partial charge in [0.2, 0.25) is 5.91 Å². The molecule has 4 nitrogen and oxygen atoms in total. The van der Waals surface area contributed by atoms with Crippen molar-refractivity contribution in [3.63, 3.8) is 0 Å². The molecule has 1 aliphatic carbocycles. The van der Waals surface area contributed by atoms with Gasteiger partial charge in [-0.05, 0) is 72.7 Å². The Morgan fingerprint density at radius 1 is 0.912 bits per heavy atom. The Bertz CT molecular complexity index is 1340. The number of anilines is 1. The van der Waals surface area contributed by atoms with E-state index in [2.05, 4.69) is 33.4 Å². The van der Waals surface area contributed by atoms with E-state index < -0.39 is 0 Å². The molecule has 0 aliphatic heterocycles. The van der Waals surface area contributed by atoms with E-state index in [4.69, 9.17) is 9.97 Å². The summed E-state index contributed by atoms with van der Waals surface area (Å²) in [7, 11) is 0. The van der Waals surface area contributed by atoms with Gasteiger partial charge in [-0.1, -0.05) is 58.4 Å². The first-order valence-corrected chi connectivity index (χ1v) is 12.1. The average molecular weight is 516 g/mol. The molecule has 0 saturated carbocycles. The number of nitrogens with one attached hydrogen (secondary N) is 1. The minimum absolute atomic E-state index is 0.129. The van der Waals surface area contributed by atoms with E-state index in [1.807, 2.05) is 42.5 Å². The Morgan fingerprint density at radius 3 is 2.50 bits per heavy atom. The van der Waals surface area contributed by atoms with Crippen LogP contribution in [-0.4, -0.2) is 15.9 Å². The lowest BCUT2D eigenvalue weighted by atomic mass is 9.91. The van der Waals surface area contributed by atoms with Gasteiger partial charge in [0.1, 0.15) is 5.82 Å². The van der Waals surface area contributed by atoms with Crippen molar-refractivity contribution < 1.29 is 9.18 Å². The molecule has 0 radical (unpaired) electrons. The van der Waals surface area contributed by atoms with Crippen molar-refractivity contribution in [2.24, 2.45) is 0 Å². The molecule has 6 heteroatoms. The number of nitrogens with zero attached hydrogens (tertiary/aromatic N) is 2. The molecule has 170 valence electrons. The second-order valence-electron chi connectivity index (χ2n) is 8.45. The molecular weight excluding hydrogens is 493 g/mol. The fourth-order valence-electron chi connectivity index (χ4n) is 4.29. The SMILES string of the molecule is O=C(Cc1ccc(Br)cc1)Nc1nc2c(nc1CCc1ccccc1)-c1ccc(F)cc1CC2. The third-order valence-electron chi connectivity index (χ3n) is 6.02. The molecule has 0 saturated heterocycles. The fraction of sp³-hybridized carbons (Fsp3) is 0.179. The highest BCUT2D eigenvalue weighted by atomic mass is 79.9. The van der Waals surface area contributed by atoms with E-state index in [1.54, 1.807) is 12.1 Å². The maximum absolute atomic E-state index is 13.8. The van der Waals surface area contributed by atoms with Gasteiger partial charge in [-0.15, -0.1) is 0 Å². The highest BCUT2D eigenvalue weighted by Crippen LogP contribution is 2.33. The summed E-state index contributed by atoms with van der Waals surface area (Å²) in [5.74, 6) is 0.148. The Kier molecular flexibility index (Phi) is 6.50. The van der Waals surface area contributed by atoms with Gasteiger partial charge in [0.15, 0.2) is 5.82 Å². The first kappa shape index (κ1) is 22.4. The van der Waals surface area contributed by atoms with Gasteiger partial charge < -0.3 is 5.32 Å². The zero-order valence-electron chi connectivity index (χ0n) is 18.5. The number of halogens is 2. The van der Waals surface area contributed by atoms with E-state index in [0.29, 0.717) is 25.1 Å². The van der Waals surface area contributed by atoms with Crippen LogP contribution in [0, 0.1) is 5.82 Å². The summed E-state index contributed by atoms with van der Waals surface area (Å²) in [6.45, 7) is 0. The van der Waals surface area contributed by atoms with Crippen LogP contribution in [0.3, 0.4) is 0 Å². The zero-order valence-corrected chi connectivity index (χ0v) is 20.1. The number of hydrogen-bond acceptors (Lipinski definition) is 3. The second-order valence-corrected chi connectivity index (χ2v) is 9.37. The van der Waals surface area contributed by atoms with Crippen LogP contribution in [0.25, 0.3) is 11.3 Å². The van der Waals surface area contributed by atoms with Crippen molar-refractivity contribution in [1.82, 2.24) is 9.97 Å². The monoisotopic (exact) mass is 515 g/mol. The number of carbonyl (C=O) groups is 1. The molecule has 3 aromatic carbocycles. The lowest BCUT2D eigenvalue weighted by molar-refractivity contribution is -0.115. The van der Waals surface area contributed by atoms with Gasteiger partial charge >= 0.3 is 0 Å². The molecule has 0 unspecified atom stereocenters. The standard InChI is InChI=1S/C28H23BrFN3O/c29-21-10-6-19(7-11-21)16-26(34)33-28-25(14-8-18-4-2-1-3-5-18)31-27-23-13-12-22(30)17-20(23)9-15-24(27)32-28/h1-7,10-13,17H,8-9,14-16H2,(H,32,33,34). The summed E-state index contributed by atoms with van der Waals surface area (Å²) in [5, 5.41) is 3.01. The number of aromatic nitrogens is 2. The van der Waals surface area contributed by atoms with Crippen molar-refractivity contribution in [1.29, 1.82) is 0 Å². The van der Waals surface area contributed by atoms with Crippen LogP contribution in [0.2, 0.25) is 0 Å². The molecular formula is C28H23BrFN3O. The van der Waals surface area contributed by atoms with Crippen LogP contribution in [0.4, 0.5) is 10.2 Å². The summed E-state index contributed by atoms with van der Waals surface area (Å²) in [6.07, 6.45) is 3.03. The molecule has 1 N–H and O–H groups in total. The number of fused-ring (bicyclic) bond motifs is 3. The van der Waals surface area contributed by atoms with Gasteiger partial charge in [-0.2, -0.15) is 0 Å². The van der Waals surface area contributed by atoms with Crippen LogP contribution in [0.15, 0.2) is 77.3 Å². The molecule has 34 heavy (non-hydrogen) atoms. The Labute approximate surface area is 206 Å². The van der Waals surface area contributed by atoms with Gasteiger partial charge in [-0.25, -0.2) is 14.4 Å². The van der Waals surface area contributed by atoms with Crippen molar-refractivity contribution in [3.05, 3.63) is 111 Å². The number of hydrogen-bond donors (Lipinski definition) is 1. The van der Waals surface area contributed by atoms with Crippen molar-refractivity contribution in [3.8, 4) is 11.3 Å². The first-order chi connectivity index (χ1) is 16.5. The molecule has 0 fully saturated rings. The number of benzene rings is 3. The van der Waals surface area contributed by atoms with Crippen molar-refractivity contribution >= 4 is 27.7 Å². The lowest BCUT2D eigenvalue weighted by Crippen LogP contribution is -2.20. The van der Waals surface area contributed by atoms with E-state index in [0.717, 1.165) is 44.7 Å². The van der Waals surface area contributed by atoms with Crippen LogP contribution >= 0.6 is 15.9 Å². The smallest absolute Gasteiger partial charge is 0.229 e. The molecule has 0 atom stereocenters. The van der Waals surface area contributed by atoms with E-state index >= 15 is 0 Å². The molecule has 1 heterocycles. The third kappa shape index (κ3) is 5.07. The average Bonchev–Trinajstić information content (AvgIpc) is 2.84. The fourth-order valence-corrected chi connectivity index (χ4v) is 4.56. The van der Waals surface area contributed by atoms with Gasteiger partial charge in [-0.3, -0.25) is 4.79 Å². The number of rotatable bonds is 6. The molecule has 5 rings (SSSR count). The van der Waals surface area contributed by atoms with Crippen LogP contribution in [0.5, 0.6) is 0 Å². The molecule has 4 aromatic rings. The molecule has 1 aliphatic rings. The second kappa shape index (κ2) is 9.85. The summed E-state index contributed by atoms with van der Waals surface area (Å²) in [5.41, 5.74) is 6.34. The number of amides is 1. The Balaban J connectivity index is 1.46. The summed E-state index contributed by atoms with van der Waals surface area (Å²) >= 11 is 3.42. The van der Waals surface area contributed by atoms with Crippen LogP contribution in [-0.2, 0) is 36.9 Å². The quantitative estimate of drug-likeness (QED) is 0.337. The minimum Gasteiger partial charge on any atom is -0.309 e. The van der Waals surface area contributed by atoms with Crippen LogP contribution < -0.4 is 5.32 Å². The van der Waals surface area contributed by atoms with Gasteiger partial charge in [0.25, 0.3) is 0 Å². The molecule has 0 bridgehead atoms. The van der Waals surface area contributed by atoms with E-state index in [9.17, 15) is 9.18 Å². The van der Waals surface area contributed by atoms with Crippen molar-refractivity contribution in [2.45, 2.75) is 32.1 Å². The highest BCUT2D eigenvalue weighted by Gasteiger charge is 2.23. The molecule has 1 aromatic heterocycles. The molecule has 1 amide bonds. The van der Waals surface area contributed by atoms with Gasteiger partial charge in [0.05, 0.1) is 23.5 Å². The Morgan fingerprint density at radius 2 is 1.71 bits per heavy atom.